The van der Waals surface area contributed by atoms with E-state index in [2.05, 4.69) is 5.32 Å². The highest BCUT2D eigenvalue weighted by molar-refractivity contribution is 6.03. The molecule has 1 unspecified atom stereocenters. The van der Waals surface area contributed by atoms with Crippen LogP contribution in [0.5, 0.6) is 5.75 Å². The van der Waals surface area contributed by atoms with Gasteiger partial charge >= 0.3 is 0 Å². The first-order valence-corrected chi connectivity index (χ1v) is 6.80. The van der Waals surface area contributed by atoms with Gasteiger partial charge in [0, 0.05) is 18.0 Å². The summed E-state index contributed by atoms with van der Waals surface area (Å²) in [5.41, 5.74) is 0.386. The number of benzene rings is 1. The van der Waals surface area contributed by atoms with E-state index in [1.807, 2.05) is 24.3 Å². The standard InChI is InChI=1S/C15H18N2O3/c1-15(2)14(19)17(13(18)7-16-15)8-10-9-20-12-6-4-3-5-11(10)12/h3-6,10,16H,7-9H2,1-2H3. The Morgan fingerprint density at radius 1 is 1.35 bits per heavy atom. The molecule has 2 aliphatic rings. The normalized spacial score (nSPS) is 24.5. The van der Waals surface area contributed by atoms with Gasteiger partial charge in [0.05, 0.1) is 18.7 Å². The lowest BCUT2D eigenvalue weighted by Crippen LogP contribution is -2.64. The van der Waals surface area contributed by atoms with Crippen molar-refractivity contribution in [3.05, 3.63) is 29.8 Å². The molecule has 0 aromatic heterocycles. The Labute approximate surface area is 117 Å². The van der Waals surface area contributed by atoms with Gasteiger partial charge < -0.3 is 4.74 Å². The number of rotatable bonds is 2. The second kappa shape index (κ2) is 4.59. The molecule has 1 aromatic rings. The molecule has 0 spiro atoms. The number of para-hydroxylation sites is 1. The van der Waals surface area contributed by atoms with Crippen LogP contribution < -0.4 is 10.1 Å². The Balaban J connectivity index is 1.81. The molecule has 5 heteroatoms. The average Bonchev–Trinajstić information content (AvgIpc) is 2.83. The van der Waals surface area contributed by atoms with Crippen molar-refractivity contribution >= 4 is 11.8 Å². The summed E-state index contributed by atoms with van der Waals surface area (Å²) in [5, 5.41) is 2.96. The molecule has 1 saturated heterocycles. The number of imide groups is 1. The fraction of sp³-hybridized carbons (Fsp3) is 0.467. The summed E-state index contributed by atoms with van der Waals surface area (Å²) in [6.45, 7) is 4.71. The van der Waals surface area contributed by atoms with Crippen molar-refractivity contribution in [2.24, 2.45) is 0 Å². The predicted octanol–water partition coefficient (Wildman–Crippen LogP) is 0.900. The van der Waals surface area contributed by atoms with Crippen molar-refractivity contribution in [3.63, 3.8) is 0 Å². The molecule has 5 nitrogen and oxygen atoms in total. The molecule has 0 saturated carbocycles. The average molecular weight is 274 g/mol. The molecule has 2 amide bonds. The number of carbonyl (C=O) groups is 2. The van der Waals surface area contributed by atoms with Gasteiger partial charge in [-0.25, -0.2) is 0 Å². The number of nitrogens with zero attached hydrogens (tertiary/aromatic N) is 1. The molecular formula is C15H18N2O3. The smallest absolute Gasteiger partial charge is 0.248 e. The van der Waals surface area contributed by atoms with Gasteiger partial charge in [-0.2, -0.15) is 0 Å². The van der Waals surface area contributed by atoms with Crippen LogP contribution in [0.4, 0.5) is 0 Å². The van der Waals surface area contributed by atoms with Gasteiger partial charge in [0.1, 0.15) is 5.75 Å². The topological polar surface area (TPSA) is 58.6 Å². The van der Waals surface area contributed by atoms with Crippen molar-refractivity contribution in [2.75, 3.05) is 19.7 Å². The summed E-state index contributed by atoms with van der Waals surface area (Å²) in [7, 11) is 0. The van der Waals surface area contributed by atoms with E-state index in [0.717, 1.165) is 11.3 Å². The highest BCUT2D eigenvalue weighted by Gasteiger charge is 2.41. The van der Waals surface area contributed by atoms with Crippen molar-refractivity contribution < 1.29 is 14.3 Å². The van der Waals surface area contributed by atoms with Crippen LogP contribution in [0.3, 0.4) is 0 Å². The lowest BCUT2D eigenvalue weighted by molar-refractivity contribution is -0.152. The number of hydrogen-bond acceptors (Lipinski definition) is 4. The summed E-state index contributed by atoms with van der Waals surface area (Å²) >= 11 is 0. The lowest BCUT2D eigenvalue weighted by atomic mass is 9.96. The maximum atomic E-state index is 12.4. The Morgan fingerprint density at radius 3 is 2.90 bits per heavy atom. The van der Waals surface area contributed by atoms with Gasteiger partial charge in [0.25, 0.3) is 0 Å². The summed E-state index contributed by atoms with van der Waals surface area (Å²) in [6, 6.07) is 7.78. The third kappa shape index (κ3) is 2.08. The Hall–Kier alpha value is -1.88. The van der Waals surface area contributed by atoms with Crippen LogP contribution in [-0.4, -0.2) is 41.9 Å². The SMILES string of the molecule is CC1(C)NCC(=O)N(CC2COc3ccccc32)C1=O. The maximum Gasteiger partial charge on any atom is 0.248 e. The van der Waals surface area contributed by atoms with Crippen LogP contribution in [0.1, 0.15) is 25.3 Å². The number of piperazine rings is 1. The number of ether oxygens (including phenoxy) is 1. The van der Waals surface area contributed by atoms with Gasteiger partial charge in [-0.15, -0.1) is 0 Å². The monoisotopic (exact) mass is 274 g/mol. The van der Waals surface area contributed by atoms with Crippen LogP contribution in [0.2, 0.25) is 0 Å². The first kappa shape index (κ1) is 13.1. The van der Waals surface area contributed by atoms with E-state index in [4.69, 9.17) is 4.74 Å². The van der Waals surface area contributed by atoms with Crippen LogP contribution in [0.25, 0.3) is 0 Å². The second-order valence-electron chi connectivity index (χ2n) is 5.83. The van der Waals surface area contributed by atoms with E-state index in [0.29, 0.717) is 13.2 Å². The summed E-state index contributed by atoms with van der Waals surface area (Å²) in [5.74, 6) is 0.580. The molecule has 1 fully saturated rings. The minimum absolute atomic E-state index is 0.0630. The van der Waals surface area contributed by atoms with Crippen LogP contribution in [0.15, 0.2) is 24.3 Å². The number of carbonyl (C=O) groups excluding carboxylic acids is 2. The molecule has 2 heterocycles. The Morgan fingerprint density at radius 2 is 2.10 bits per heavy atom. The fourth-order valence-electron chi connectivity index (χ4n) is 2.70. The van der Waals surface area contributed by atoms with E-state index in [1.54, 1.807) is 13.8 Å². The molecule has 0 radical (unpaired) electrons. The zero-order valence-corrected chi connectivity index (χ0v) is 11.7. The van der Waals surface area contributed by atoms with Gasteiger partial charge in [-0.1, -0.05) is 18.2 Å². The molecular weight excluding hydrogens is 256 g/mol. The lowest BCUT2D eigenvalue weighted by Gasteiger charge is -2.37. The molecule has 106 valence electrons. The number of nitrogens with one attached hydrogen (secondary N) is 1. The largest absolute Gasteiger partial charge is 0.493 e. The maximum absolute atomic E-state index is 12.4. The van der Waals surface area contributed by atoms with Crippen molar-refractivity contribution in [1.82, 2.24) is 10.2 Å². The predicted molar refractivity (Wildman–Crippen MR) is 73.5 cm³/mol. The molecule has 2 aliphatic heterocycles. The first-order valence-electron chi connectivity index (χ1n) is 6.80. The zero-order valence-electron chi connectivity index (χ0n) is 11.7. The Bertz CT molecular complexity index is 568. The minimum Gasteiger partial charge on any atom is -0.493 e. The highest BCUT2D eigenvalue weighted by Crippen LogP contribution is 2.34. The van der Waals surface area contributed by atoms with Gasteiger partial charge in [-0.3, -0.25) is 19.8 Å². The zero-order chi connectivity index (χ0) is 14.3. The van der Waals surface area contributed by atoms with Gasteiger partial charge in [-0.05, 0) is 19.9 Å². The van der Waals surface area contributed by atoms with E-state index < -0.39 is 5.54 Å². The molecule has 3 rings (SSSR count). The quantitative estimate of drug-likeness (QED) is 0.814. The number of hydrogen-bond donors (Lipinski definition) is 1. The van der Waals surface area contributed by atoms with Gasteiger partial charge in [0.2, 0.25) is 11.8 Å². The molecule has 0 aliphatic carbocycles. The van der Waals surface area contributed by atoms with Crippen molar-refractivity contribution in [3.8, 4) is 5.75 Å². The van der Waals surface area contributed by atoms with Crippen molar-refractivity contribution in [1.29, 1.82) is 0 Å². The third-order valence-electron chi connectivity index (χ3n) is 3.96. The summed E-state index contributed by atoms with van der Waals surface area (Å²) in [6.07, 6.45) is 0. The summed E-state index contributed by atoms with van der Waals surface area (Å²) < 4.78 is 5.61. The molecule has 0 bridgehead atoms. The fourth-order valence-corrected chi connectivity index (χ4v) is 2.70. The van der Waals surface area contributed by atoms with Gasteiger partial charge in [0.15, 0.2) is 0 Å². The molecule has 1 N–H and O–H groups in total. The van der Waals surface area contributed by atoms with Crippen LogP contribution in [0, 0.1) is 0 Å². The van der Waals surface area contributed by atoms with E-state index in [9.17, 15) is 9.59 Å². The highest BCUT2D eigenvalue weighted by atomic mass is 16.5. The molecule has 1 aromatic carbocycles. The third-order valence-corrected chi connectivity index (χ3v) is 3.96. The van der Waals surface area contributed by atoms with E-state index >= 15 is 0 Å². The number of amides is 2. The van der Waals surface area contributed by atoms with Crippen LogP contribution in [-0.2, 0) is 9.59 Å². The van der Waals surface area contributed by atoms with E-state index in [-0.39, 0.29) is 24.3 Å². The van der Waals surface area contributed by atoms with Crippen molar-refractivity contribution in [2.45, 2.75) is 25.3 Å². The Kier molecular flexibility index (Phi) is 3.01. The molecule has 20 heavy (non-hydrogen) atoms. The first-order chi connectivity index (χ1) is 9.49. The van der Waals surface area contributed by atoms with Crippen LogP contribution >= 0.6 is 0 Å². The van der Waals surface area contributed by atoms with E-state index in [1.165, 1.54) is 4.90 Å². The number of fused-ring (bicyclic) bond motifs is 1. The second-order valence-corrected chi connectivity index (χ2v) is 5.83. The molecule has 1 atom stereocenters. The summed E-state index contributed by atoms with van der Waals surface area (Å²) in [4.78, 5) is 25.7. The minimum atomic E-state index is -0.688.